The number of rotatable bonds is 15. The number of nitrogens with one attached hydrogen (secondary N) is 1. The maximum atomic E-state index is 13.0. The van der Waals surface area contributed by atoms with E-state index in [4.69, 9.17) is 28.3 Å². The Morgan fingerprint density at radius 2 is 1.86 bits per heavy atom. The summed E-state index contributed by atoms with van der Waals surface area (Å²) in [5.41, 5.74) is 0.654. The molecule has 2 aliphatic heterocycles. The van der Waals surface area contributed by atoms with Crippen LogP contribution < -0.4 is 9.88 Å². The lowest BCUT2D eigenvalue weighted by atomic mass is 10.0. The highest BCUT2D eigenvalue weighted by Gasteiger charge is 2.54. The molecule has 2 aliphatic rings. The number of benzene rings is 1. The molecule has 4 rings (SSSR count). The van der Waals surface area contributed by atoms with Gasteiger partial charge in [0.25, 0.3) is 5.91 Å². The van der Waals surface area contributed by atoms with E-state index in [0.29, 0.717) is 37.8 Å². The van der Waals surface area contributed by atoms with E-state index in [1.54, 1.807) is 30.0 Å². The zero-order valence-electron chi connectivity index (χ0n) is 22.2. The van der Waals surface area contributed by atoms with Gasteiger partial charge in [0.15, 0.2) is 12.4 Å². The van der Waals surface area contributed by atoms with Crippen LogP contribution in [-0.2, 0) is 25.7 Å². The Morgan fingerprint density at radius 1 is 1.10 bits per heavy atom. The predicted octanol–water partition coefficient (Wildman–Crippen LogP) is 4.50. The predicted molar refractivity (Wildman–Crippen MR) is 168 cm³/mol. The molecule has 0 bridgehead atoms. The molecular weight excluding hydrogens is 661 g/mol. The van der Waals surface area contributed by atoms with Gasteiger partial charge < -0.3 is 15.5 Å². The molecule has 1 saturated heterocycles. The SMILES string of the molecule is O=C(O)CCSCCC[n+]1ccc(SCC2=C(C(=O)O)N3C(=O)[C@@H](NC(=O)CSc4cc(Cl)ccc4Cl)[C@H]3SC2)cc1. The number of amides is 2. The van der Waals surface area contributed by atoms with Gasteiger partial charge in [-0.3, -0.25) is 19.3 Å². The number of β-lactam (4-membered cyclic amide) rings is 1. The lowest BCUT2D eigenvalue weighted by Crippen LogP contribution is -2.70. The quantitative estimate of drug-likeness (QED) is 0.107. The van der Waals surface area contributed by atoms with E-state index in [1.165, 1.54) is 40.2 Å². The van der Waals surface area contributed by atoms with Crippen LogP contribution in [0.3, 0.4) is 0 Å². The van der Waals surface area contributed by atoms with E-state index in [9.17, 15) is 24.3 Å². The Bertz CT molecular complexity index is 1380. The zero-order valence-corrected chi connectivity index (χ0v) is 26.9. The number of nitrogens with zero attached hydrogens (tertiary/aromatic N) is 2. The lowest BCUT2D eigenvalue weighted by molar-refractivity contribution is -0.697. The molecule has 0 saturated carbocycles. The van der Waals surface area contributed by atoms with Gasteiger partial charge >= 0.3 is 11.9 Å². The van der Waals surface area contributed by atoms with Crippen LogP contribution in [0.4, 0.5) is 0 Å². The number of carbonyl (C=O) groups is 4. The summed E-state index contributed by atoms with van der Waals surface area (Å²) < 4.78 is 2.06. The van der Waals surface area contributed by atoms with Crippen molar-refractivity contribution in [2.24, 2.45) is 0 Å². The van der Waals surface area contributed by atoms with E-state index in [2.05, 4.69) is 9.88 Å². The highest BCUT2D eigenvalue weighted by Crippen LogP contribution is 2.41. The molecule has 1 aromatic heterocycles. The normalized spacial score (nSPS) is 18.0. The maximum absolute atomic E-state index is 13.0. The molecule has 0 aliphatic carbocycles. The molecule has 0 unspecified atom stereocenters. The molecular formula is C27H28Cl2N3O6S4+. The number of thioether (sulfide) groups is 4. The van der Waals surface area contributed by atoms with Crippen molar-refractivity contribution in [3.05, 3.63) is 64.0 Å². The number of aromatic nitrogens is 1. The van der Waals surface area contributed by atoms with Gasteiger partial charge in [0.1, 0.15) is 23.7 Å². The number of halogens is 2. The molecule has 1 aromatic carbocycles. The molecule has 42 heavy (non-hydrogen) atoms. The first-order valence-electron chi connectivity index (χ1n) is 12.8. The molecule has 2 aromatic rings. The number of carboxylic acids is 2. The Balaban J connectivity index is 1.27. The Kier molecular flexibility index (Phi) is 12.2. The number of aryl methyl sites for hydroxylation is 1. The van der Waals surface area contributed by atoms with Crippen LogP contribution in [0.15, 0.2) is 63.8 Å². The number of carboxylic acid groups (broad SMARTS) is 2. The summed E-state index contributed by atoms with van der Waals surface area (Å²) >= 11 is 17.9. The highest BCUT2D eigenvalue weighted by atomic mass is 35.5. The van der Waals surface area contributed by atoms with Crippen LogP contribution >= 0.6 is 70.2 Å². The van der Waals surface area contributed by atoms with Gasteiger partial charge in [0.2, 0.25) is 5.91 Å². The molecule has 2 amide bonds. The van der Waals surface area contributed by atoms with E-state index in [0.717, 1.165) is 23.6 Å². The molecule has 3 heterocycles. The monoisotopic (exact) mass is 688 g/mol. The number of aliphatic carboxylic acids is 2. The summed E-state index contributed by atoms with van der Waals surface area (Å²) in [7, 11) is 0. The van der Waals surface area contributed by atoms with Gasteiger partial charge in [0, 0.05) is 50.6 Å². The fourth-order valence-electron chi connectivity index (χ4n) is 4.21. The van der Waals surface area contributed by atoms with Crippen LogP contribution in [0.25, 0.3) is 0 Å². The topological polar surface area (TPSA) is 128 Å². The number of hydrogen-bond donors (Lipinski definition) is 3. The van der Waals surface area contributed by atoms with Crippen molar-refractivity contribution in [3.8, 4) is 0 Å². The minimum Gasteiger partial charge on any atom is -0.481 e. The minimum absolute atomic E-state index is 0.00627. The van der Waals surface area contributed by atoms with Gasteiger partial charge in [-0.25, -0.2) is 9.36 Å². The van der Waals surface area contributed by atoms with Gasteiger partial charge in [-0.15, -0.1) is 35.3 Å². The van der Waals surface area contributed by atoms with Crippen LogP contribution in [0.1, 0.15) is 12.8 Å². The molecule has 224 valence electrons. The first-order chi connectivity index (χ1) is 20.1. The van der Waals surface area contributed by atoms with Crippen molar-refractivity contribution in [1.29, 1.82) is 0 Å². The van der Waals surface area contributed by atoms with E-state index < -0.39 is 29.3 Å². The number of pyridine rings is 1. The lowest BCUT2D eigenvalue weighted by Gasteiger charge is -2.49. The second-order valence-electron chi connectivity index (χ2n) is 9.25. The smallest absolute Gasteiger partial charge is 0.352 e. The molecule has 9 nitrogen and oxygen atoms in total. The van der Waals surface area contributed by atoms with Crippen molar-refractivity contribution >= 4 is 94.0 Å². The van der Waals surface area contributed by atoms with Crippen molar-refractivity contribution in [2.75, 3.05) is 28.8 Å². The molecule has 15 heteroatoms. The molecule has 3 N–H and O–H groups in total. The summed E-state index contributed by atoms with van der Waals surface area (Å²) in [6.45, 7) is 0.819. The van der Waals surface area contributed by atoms with Gasteiger partial charge in [0.05, 0.1) is 17.2 Å². The molecule has 1 fully saturated rings. The number of carbonyl (C=O) groups excluding carboxylic acids is 2. The van der Waals surface area contributed by atoms with Crippen LogP contribution in [0, 0.1) is 0 Å². The Hall–Kier alpha value is -2.03. The first kappa shape index (κ1) is 32.9. The maximum Gasteiger partial charge on any atom is 0.352 e. The van der Waals surface area contributed by atoms with E-state index >= 15 is 0 Å². The first-order valence-corrected chi connectivity index (χ1v) is 17.8. The third-order valence-electron chi connectivity index (χ3n) is 6.26. The summed E-state index contributed by atoms with van der Waals surface area (Å²) in [5, 5.41) is 21.9. The van der Waals surface area contributed by atoms with Crippen molar-refractivity contribution in [3.63, 3.8) is 0 Å². The third kappa shape index (κ3) is 8.76. The average molecular weight is 690 g/mol. The van der Waals surface area contributed by atoms with Gasteiger partial charge in [-0.1, -0.05) is 23.2 Å². The number of fused-ring (bicyclic) bond motifs is 1. The molecule has 0 radical (unpaired) electrons. The fraction of sp³-hybridized carbons (Fsp3) is 0.370. The minimum atomic E-state index is -1.16. The Morgan fingerprint density at radius 3 is 2.57 bits per heavy atom. The van der Waals surface area contributed by atoms with Crippen molar-refractivity contribution in [1.82, 2.24) is 10.2 Å². The average Bonchev–Trinajstić information content (AvgIpc) is 2.96. The van der Waals surface area contributed by atoms with E-state index in [-0.39, 0.29) is 23.8 Å². The highest BCUT2D eigenvalue weighted by molar-refractivity contribution is 8.01. The van der Waals surface area contributed by atoms with Crippen molar-refractivity contribution in [2.45, 2.75) is 40.6 Å². The Labute approximate surface area is 270 Å². The second kappa shape index (κ2) is 15.6. The zero-order chi connectivity index (χ0) is 30.2. The van der Waals surface area contributed by atoms with Gasteiger partial charge in [-0.2, -0.15) is 11.8 Å². The van der Waals surface area contributed by atoms with E-state index in [1.807, 2.05) is 24.5 Å². The fourth-order valence-corrected chi connectivity index (χ4v) is 8.74. The number of hydrogen-bond acceptors (Lipinski definition) is 8. The van der Waals surface area contributed by atoms with Crippen molar-refractivity contribution < 1.29 is 34.0 Å². The van der Waals surface area contributed by atoms with Crippen LogP contribution in [0.5, 0.6) is 0 Å². The summed E-state index contributed by atoms with van der Waals surface area (Å²) in [6.07, 6.45) is 5.03. The standard InChI is InChI=1S/C27H27Cl2N3O6S4/c28-17-2-3-19(29)20(12-17)41-15-21(33)30-23-25(36)32-24(27(37)38)16(14-42-26(23)32)13-40-18-4-8-31(9-5-18)7-1-10-39-11-6-22(34)35/h2-5,8-9,12,23,26H,1,6-7,10-11,13-15H2,(H2-,30,33,34,35,37,38)/p+1/t23-,26-/m1/s1. The van der Waals surface area contributed by atoms with Crippen LogP contribution in [0.2, 0.25) is 10.0 Å². The molecule has 0 spiro atoms. The second-order valence-corrected chi connectivity index (χ2v) is 14.5. The molecule has 2 atom stereocenters. The summed E-state index contributed by atoms with van der Waals surface area (Å²) in [4.78, 5) is 51.2. The largest absolute Gasteiger partial charge is 0.481 e. The summed E-state index contributed by atoms with van der Waals surface area (Å²) in [5.74, 6) is -0.333. The van der Waals surface area contributed by atoms with Crippen LogP contribution in [-0.4, -0.2) is 79.0 Å². The summed E-state index contributed by atoms with van der Waals surface area (Å²) in [6, 6.07) is 8.12. The van der Waals surface area contributed by atoms with Gasteiger partial charge in [-0.05, 0) is 29.5 Å². The third-order valence-corrected chi connectivity index (χ3v) is 11.5.